The number of sulfonamides is 1. The summed E-state index contributed by atoms with van der Waals surface area (Å²) in [5.41, 5.74) is 0. The van der Waals surface area contributed by atoms with E-state index < -0.39 is 54.1 Å². The Kier molecular flexibility index (Phi) is 5.30. The van der Waals surface area contributed by atoms with E-state index >= 15 is 0 Å². The monoisotopic (exact) mass is 422 g/mol. The first-order valence-corrected chi connectivity index (χ1v) is 11.9. The summed E-state index contributed by atoms with van der Waals surface area (Å²) in [5, 5.41) is -0.511. The summed E-state index contributed by atoms with van der Waals surface area (Å²) in [5.74, 6) is -3.03. The maximum absolute atomic E-state index is 13.7. The highest BCUT2D eigenvalue weighted by Gasteiger charge is 2.45. The Morgan fingerprint density at radius 1 is 1.11 bits per heavy atom. The van der Waals surface area contributed by atoms with Crippen molar-refractivity contribution in [3.05, 3.63) is 29.8 Å². The first kappa shape index (κ1) is 20.2. The SMILES string of the molecule is CS(=O)(=O)C1CC2CCC(C1)N2C(=O)CNS(=O)(=O)c1c(F)cccc1F. The molecule has 0 aliphatic carbocycles. The summed E-state index contributed by atoms with van der Waals surface area (Å²) in [6, 6.07) is 2.13. The molecule has 0 saturated carbocycles. The topological polar surface area (TPSA) is 101 Å². The van der Waals surface area contributed by atoms with Crippen molar-refractivity contribution < 1.29 is 30.4 Å². The molecular weight excluding hydrogens is 402 g/mol. The molecule has 1 aromatic carbocycles. The van der Waals surface area contributed by atoms with Gasteiger partial charge in [-0.2, -0.15) is 0 Å². The summed E-state index contributed by atoms with van der Waals surface area (Å²) >= 11 is 0. The Balaban J connectivity index is 1.70. The second kappa shape index (κ2) is 7.10. The number of halogens is 2. The summed E-state index contributed by atoms with van der Waals surface area (Å²) in [4.78, 5) is 12.9. The maximum atomic E-state index is 13.7. The van der Waals surface area contributed by atoms with E-state index in [0.717, 1.165) is 18.2 Å². The lowest BCUT2D eigenvalue weighted by Crippen LogP contribution is -2.52. The van der Waals surface area contributed by atoms with Crippen LogP contribution in [-0.4, -0.2) is 57.8 Å². The van der Waals surface area contributed by atoms with Crippen molar-refractivity contribution >= 4 is 25.8 Å². The number of benzene rings is 1. The van der Waals surface area contributed by atoms with Crippen molar-refractivity contribution in [1.82, 2.24) is 9.62 Å². The number of rotatable bonds is 5. The highest BCUT2D eigenvalue weighted by atomic mass is 32.2. The van der Waals surface area contributed by atoms with E-state index in [1.165, 1.54) is 11.2 Å². The third-order valence-corrected chi connectivity index (χ3v) is 8.23. The molecule has 1 amide bonds. The smallest absolute Gasteiger partial charge is 0.246 e. The van der Waals surface area contributed by atoms with E-state index in [9.17, 15) is 30.4 Å². The molecular formula is C16H20F2N2O5S2. The number of hydrogen-bond donors (Lipinski definition) is 1. The normalized spacial score (nSPS) is 25.6. The van der Waals surface area contributed by atoms with Crippen LogP contribution >= 0.6 is 0 Å². The Morgan fingerprint density at radius 3 is 2.11 bits per heavy atom. The summed E-state index contributed by atoms with van der Waals surface area (Å²) in [6.07, 6.45) is 3.10. The number of amides is 1. The molecule has 7 nitrogen and oxygen atoms in total. The van der Waals surface area contributed by atoms with Crippen molar-refractivity contribution in [3.63, 3.8) is 0 Å². The molecule has 11 heteroatoms. The predicted octanol–water partition coefficient (Wildman–Crippen LogP) is 0.810. The van der Waals surface area contributed by atoms with Gasteiger partial charge in [0.15, 0.2) is 4.90 Å². The summed E-state index contributed by atoms with van der Waals surface area (Å²) in [6.45, 7) is -0.646. The van der Waals surface area contributed by atoms with Crippen LogP contribution in [0.4, 0.5) is 8.78 Å². The van der Waals surface area contributed by atoms with E-state index in [1.807, 2.05) is 4.72 Å². The van der Waals surface area contributed by atoms with Crippen LogP contribution in [0.15, 0.2) is 23.1 Å². The van der Waals surface area contributed by atoms with Crippen LogP contribution in [-0.2, 0) is 24.7 Å². The third kappa shape index (κ3) is 3.99. The highest BCUT2D eigenvalue weighted by Crippen LogP contribution is 2.38. The predicted molar refractivity (Wildman–Crippen MR) is 93.1 cm³/mol. The average Bonchev–Trinajstić information content (AvgIpc) is 2.81. The minimum absolute atomic E-state index is 0.273. The Morgan fingerprint density at radius 2 is 1.63 bits per heavy atom. The molecule has 150 valence electrons. The Bertz CT molecular complexity index is 931. The zero-order valence-corrected chi connectivity index (χ0v) is 16.2. The molecule has 27 heavy (non-hydrogen) atoms. The highest BCUT2D eigenvalue weighted by molar-refractivity contribution is 7.91. The molecule has 2 unspecified atom stereocenters. The van der Waals surface area contributed by atoms with Gasteiger partial charge in [-0.1, -0.05) is 6.07 Å². The van der Waals surface area contributed by atoms with E-state index in [1.54, 1.807) is 0 Å². The van der Waals surface area contributed by atoms with Gasteiger partial charge in [0.1, 0.15) is 21.5 Å². The average molecular weight is 422 g/mol. The molecule has 2 heterocycles. The molecule has 2 aliphatic heterocycles. The molecule has 2 aliphatic rings. The number of fused-ring (bicyclic) bond motifs is 2. The fraction of sp³-hybridized carbons (Fsp3) is 0.562. The summed E-state index contributed by atoms with van der Waals surface area (Å²) < 4.78 is 77.3. The second-order valence-corrected chi connectivity index (χ2v) is 11.0. The van der Waals surface area contributed by atoms with Gasteiger partial charge in [0.2, 0.25) is 15.9 Å². The first-order valence-electron chi connectivity index (χ1n) is 8.44. The number of hydrogen-bond acceptors (Lipinski definition) is 5. The van der Waals surface area contributed by atoms with Crippen molar-refractivity contribution in [1.29, 1.82) is 0 Å². The minimum Gasteiger partial charge on any atom is -0.336 e. The van der Waals surface area contributed by atoms with Crippen LogP contribution in [0.3, 0.4) is 0 Å². The molecule has 2 bridgehead atoms. The Labute approximate surface area is 156 Å². The lowest BCUT2D eigenvalue weighted by molar-refractivity contribution is -0.134. The van der Waals surface area contributed by atoms with E-state index in [-0.39, 0.29) is 12.1 Å². The molecule has 2 atom stereocenters. The number of piperidine rings is 1. The lowest BCUT2D eigenvalue weighted by atomic mass is 10.0. The molecule has 2 saturated heterocycles. The third-order valence-electron chi connectivity index (χ3n) is 5.18. The molecule has 3 rings (SSSR count). The molecule has 1 N–H and O–H groups in total. The second-order valence-electron chi connectivity index (χ2n) is 6.98. The van der Waals surface area contributed by atoms with Crippen LogP contribution in [0.25, 0.3) is 0 Å². The van der Waals surface area contributed by atoms with Gasteiger partial charge in [-0.15, -0.1) is 0 Å². The largest absolute Gasteiger partial charge is 0.336 e. The Hall–Kier alpha value is -1.59. The number of sulfone groups is 1. The number of carbonyl (C=O) groups is 1. The van der Waals surface area contributed by atoms with Gasteiger partial charge in [0, 0.05) is 18.3 Å². The van der Waals surface area contributed by atoms with Crippen molar-refractivity contribution in [2.45, 2.75) is 47.9 Å². The van der Waals surface area contributed by atoms with Crippen LogP contribution in [0.2, 0.25) is 0 Å². The number of nitrogens with zero attached hydrogens (tertiary/aromatic N) is 1. The molecule has 1 aromatic rings. The fourth-order valence-electron chi connectivity index (χ4n) is 3.94. The fourth-order valence-corrected chi connectivity index (χ4v) is 6.19. The summed E-state index contributed by atoms with van der Waals surface area (Å²) in [7, 11) is -7.76. The van der Waals surface area contributed by atoms with Gasteiger partial charge in [0.05, 0.1) is 11.8 Å². The van der Waals surface area contributed by atoms with Gasteiger partial charge in [-0.3, -0.25) is 4.79 Å². The van der Waals surface area contributed by atoms with Gasteiger partial charge in [-0.25, -0.2) is 30.3 Å². The number of nitrogens with one attached hydrogen (secondary N) is 1. The van der Waals surface area contributed by atoms with Gasteiger partial charge in [0.25, 0.3) is 0 Å². The van der Waals surface area contributed by atoms with Gasteiger partial charge in [-0.05, 0) is 37.8 Å². The van der Waals surface area contributed by atoms with Crippen molar-refractivity contribution in [2.24, 2.45) is 0 Å². The molecule has 0 aromatic heterocycles. The molecule has 0 radical (unpaired) electrons. The van der Waals surface area contributed by atoms with Crippen LogP contribution in [0, 0.1) is 11.6 Å². The standard InChI is InChI=1S/C16H20F2N2O5S2/c1-26(22,23)12-7-10-5-6-11(8-12)20(10)15(21)9-19-27(24,25)16-13(17)3-2-4-14(16)18/h2-4,10-12,19H,5-9H2,1H3. The van der Waals surface area contributed by atoms with E-state index in [2.05, 4.69) is 0 Å². The quantitative estimate of drug-likeness (QED) is 0.757. The van der Waals surface area contributed by atoms with Crippen LogP contribution < -0.4 is 4.72 Å². The van der Waals surface area contributed by atoms with Gasteiger partial charge >= 0.3 is 0 Å². The van der Waals surface area contributed by atoms with E-state index in [0.29, 0.717) is 25.7 Å². The zero-order valence-electron chi connectivity index (χ0n) is 14.6. The molecule has 0 spiro atoms. The van der Waals surface area contributed by atoms with E-state index in [4.69, 9.17) is 0 Å². The van der Waals surface area contributed by atoms with Crippen LogP contribution in [0.1, 0.15) is 25.7 Å². The van der Waals surface area contributed by atoms with Gasteiger partial charge < -0.3 is 4.90 Å². The molecule has 2 fully saturated rings. The first-order chi connectivity index (χ1) is 12.5. The van der Waals surface area contributed by atoms with Crippen molar-refractivity contribution in [3.8, 4) is 0 Å². The number of carbonyl (C=O) groups excluding carboxylic acids is 1. The lowest BCUT2D eigenvalue weighted by Gasteiger charge is -2.38. The zero-order chi connectivity index (χ0) is 20.0. The van der Waals surface area contributed by atoms with Crippen LogP contribution in [0.5, 0.6) is 0 Å². The maximum Gasteiger partial charge on any atom is 0.246 e. The minimum atomic E-state index is -4.55. The van der Waals surface area contributed by atoms with Crippen molar-refractivity contribution in [2.75, 3.05) is 12.8 Å².